The van der Waals surface area contributed by atoms with E-state index in [1.807, 2.05) is 6.07 Å². The van der Waals surface area contributed by atoms with E-state index in [0.717, 1.165) is 5.56 Å². The second kappa shape index (κ2) is 4.64. The zero-order valence-corrected chi connectivity index (χ0v) is 9.48. The lowest BCUT2D eigenvalue weighted by Gasteiger charge is -2.11. The molecule has 1 unspecified atom stereocenters. The highest BCUT2D eigenvalue weighted by Crippen LogP contribution is 2.21. The Kier molecular flexibility index (Phi) is 3.22. The number of aliphatic hydroxyl groups is 1. The summed E-state index contributed by atoms with van der Waals surface area (Å²) in [5, 5.41) is 11.3. The van der Waals surface area contributed by atoms with Crippen LogP contribution in [0, 0.1) is 6.92 Å². The maximum absolute atomic E-state index is 8.87. The molecule has 0 saturated carbocycles. The molecule has 2 rings (SSSR count). The van der Waals surface area contributed by atoms with Crippen LogP contribution in [0.15, 0.2) is 36.4 Å². The molecule has 2 aromatic carbocycles. The van der Waals surface area contributed by atoms with Gasteiger partial charge in [0.05, 0.1) is 0 Å². The number of rotatable bonds is 3. The van der Waals surface area contributed by atoms with E-state index in [1.54, 1.807) is 0 Å². The van der Waals surface area contributed by atoms with Crippen molar-refractivity contribution in [3.63, 3.8) is 0 Å². The molecule has 0 aliphatic heterocycles. The molecule has 0 amide bonds. The third-order valence-electron chi connectivity index (χ3n) is 2.89. The van der Waals surface area contributed by atoms with Gasteiger partial charge in [0.15, 0.2) is 0 Å². The van der Waals surface area contributed by atoms with E-state index in [9.17, 15) is 0 Å². The van der Waals surface area contributed by atoms with Crippen molar-refractivity contribution < 1.29 is 5.11 Å². The van der Waals surface area contributed by atoms with Gasteiger partial charge < -0.3 is 10.8 Å². The van der Waals surface area contributed by atoms with Gasteiger partial charge in [-0.2, -0.15) is 0 Å². The zero-order valence-electron chi connectivity index (χ0n) is 9.48. The lowest BCUT2D eigenvalue weighted by molar-refractivity contribution is 0.276. The third-order valence-corrected chi connectivity index (χ3v) is 2.89. The number of hydrogen-bond donors (Lipinski definition) is 2. The smallest absolute Gasteiger partial charge is 0.0449 e. The van der Waals surface area contributed by atoms with Gasteiger partial charge in [-0.05, 0) is 35.7 Å². The van der Waals surface area contributed by atoms with E-state index in [0.29, 0.717) is 6.42 Å². The molecule has 0 spiro atoms. The first-order chi connectivity index (χ1) is 7.70. The Morgan fingerprint density at radius 3 is 2.56 bits per heavy atom. The summed E-state index contributed by atoms with van der Waals surface area (Å²) < 4.78 is 0. The quantitative estimate of drug-likeness (QED) is 0.826. The highest BCUT2D eigenvalue weighted by molar-refractivity contribution is 5.83. The van der Waals surface area contributed by atoms with Gasteiger partial charge in [0.25, 0.3) is 0 Å². The first-order valence-corrected chi connectivity index (χ1v) is 5.57. The first kappa shape index (κ1) is 11.1. The van der Waals surface area contributed by atoms with Crippen molar-refractivity contribution in [2.45, 2.75) is 19.4 Å². The molecule has 0 aliphatic rings. The van der Waals surface area contributed by atoms with E-state index in [-0.39, 0.29) is 12.6 Å². The van der Waals surface area contributed by atoms with E-state index in [4.69, 9.17) is 10.8 Å². The summed E-state index contributed by atoms with van der Waals surface area (Å²) >= 11 is 0. The van der Waals surface area contributed by atoms with Crippen LogP contribution in [-0.2, 0) is 0 Å². The fraction of sp³-hybridized carbons (Fsp3) is 0.286. The minimum absolute atomic E-state index is 0.0734. The molecule has 1 atom stereocenters. The Labute approximate surface area is 95.7 Å². The van der Waals surface area contributed by atoms with E-state index >= 15 is 0 Å². The van der Waals surface area contributed by atoms with Crippen molar-refractivity contribution in [1.82, 2.24) is 0 Å². The second-order valence-corrected chi connectivity index (χ2v) is 4.23. The van der Waals surface area contributed by atoms with Crippen molar-refractivity contribution in [3.05, 3.63) is 47.5 Å². The monoisotopic (exact) mass is 215 g/mol. The van der Waals surface area contributed by atoms with Gasteiger partial charge in [0.1, 0.15) is 0 Å². The number of benzene rings is 2. The second-order valence-electron chi connectivity index (χ2n) is 4.23. The van der Waals surface area contributed by atoms with Gasteiger partial charge in [0, 0.05) is 12.6 Å². The molecular formula is C14H17NO. The normalized spacial score (nSPS) is 12.9. The SMILES string of the molecule is Cc1ccc2cc(C(N)CCO)ccc2c1. The molecule has 0 aliphatic carbocycles. The molecule has 0 saturated heterocycles. The predicted molar refractivity (Wildman–Crippen MR) is 67.3 cm³/mol. The Balaban J connectivity index is 2.40. The van der Waals surface area contributed by atoms with E-state index in [1.165, 1.54) is 16.3 Å². The van der Waals surface area contributed by atoms with Gasteiger partial charge in [0.2, 0.25) is 0 Å². The van der Waals surface area contributed by atoms with Crippen LogP contribution >= 0.6 is 0 Å². The average molecular weight is 215 g/mol. The zero-order chi connectivity index (χ0) is 11.5. The van der Waals surface area contributed by atoms with E-state index in [2.05, 4.69) is 37.3 Å². The van der Waals surface area contributed by atoms with Crippen molar-refractivity contribution >= 4 is 10.8 Å². The predicted octanol–water partition coefficient (Wildman–Crippen LogP) is 2.53. The van der Waals surface area contributed by atoms with Gasteiger partial charge in [-0.15, -0.1) is 0 Å². The molecule has 0 heterocycles. The van der Waals surface area contributed by atoms with Crippen LogP contribution in [0.25, 0.3) is 10.8 Å². The standard InChI is InChI=1S/C14H17NO/c1-10-2-3-12-9-13(14(15)6-7-16)5-4-11(12)8-10/h2-5,8-9,14,16H,6-7,15H2,1H3. The largest absolute Gasteiger partial charge is 0.396 e. The van der Waals surface area contributed by atoms with Gasteiger partial charge >= 0.3 is 0 Å². The number of aliphatic hydroxyl groups excluding tert-OH is 1. The van der Waals surface area contributed by atoms with Gasteiger partial charge in [-0.1, -0.05) is 35.9 Å². The van der Waals surface area contributed by atoms with Crippen LogP contribution in [0.5, 0.6) is 0 Å². The topological polar surface area (TPSA) is 46.2 Å². The maximum atomic E-state index is 8.87. The highest BCUT2D eigenvalue weighted by Gasteiger charge is 2.05. The number of nitrogens with two attached hydrogens (primary N) is 1. The Morgan fingerprint density at radius 2 is 1.81 bits per heavy atom. The Hall–Kier alpha value is -1.38. The van der Waals surface area contributed by atoms with Crippen LogP contribution < -0.4 is 5.73 Å². The summed E-state index contributed by atoms with van der Waals surface area (Å²) in [5.74, 6) is 0. The van der Waals surface area contributed by atoms with Crippen molar-refractivity contribution in [2.75, 3.05) is 6.61 Å². The molecule has 0 fully saturated rings. The molecule has 2 heteroatoms. The first-order valence-electron chi connectivity index (χ1n) is 5.57. The summed E-state index contributed by atoms with van der Waals surface area (Å²) in [6.45, 7) is 2.22. The summed E-state index contributed by atoms with van der Waals surface area (Å²) in [6, 6.07) is 12.5. The van der Waals surface area contributed by atoms with Crippen LogP contribution in [0.4, 0.5) is 0 Å². The molecule has 2 nitrogen and oxygen atoms in total. The lowest BCUT2D eigenvalue weighted by atomic mass is 10.00. The molecular weight excluding hydrogens is 198 g/mol. The number of fused-ring (bicyclic) bond motifs is 1. The van der Waals surface area contributed by atoms with Crippen molar-refractivity contribution in [2.24, 2.45) is 5.73 Å². The maximum Gasteiger partial charge on any atom is 0.0449 e. The number of hydrogen-bond acceptors (Lipinski definition) is 2. The number of aryl methyl sites for hydroxylation is 1. The van der Waals surface area contributed by atoms with Crippen LogP contribution in [0.3, 0.4) is 0 Å². The minimum atomic E-state index is -0.0734. The molecule has 16 heavy (non-hydrogen) atoms. The van der Waals surface area contributed by atoms with Gasteiger partial charge in [-0.3, -0.25) is 0 Å². The summed E-state index contributed by atoms with van der Waals surface area (Å²) in [4.78, 5) is 0. The molecule has 0 radical (unpaired) electrons. The van der Waals surface area contributed by atoms with Crippen molar-refractivity contribution in [1.29, 1.82) is 0 Å². The van der Waals surface area contributed by atoms with Crippen LogP contribution in [0.1, 0.15) is 23.6 Å². The van der Waals surface area contributed by atoms with Crippen LogP contribution in [0.2, 0.25) is 0 Å². The van der Waals surface area contributed by atoms with Gasteiger partial charge in [-0.25, -0.2) is 0 Å². The molecule has 3 N–H and O–H groups in total. The summed E-state index contributed by atoms with van der Waals surface area (Å²) in [6.07, 6.45) is 0.609. The third kappa shape index (κ3) is 2.23. The summed E-state index contributed by atoms with van der Waals surface area (Å²) in [7, 11) is 0. The molecule has 0 bridgehead atoms. The molecule has 0 aromatic heterocycles. The Bertz CT molecular complexity index is 493. The lowest BCUT2D eigenvalue weighted by Crippen LogP contribution is -2.11. The average Bonchev–Trinajstić information content (AvgIpc) is 2.28. The van der Waals surface area contributed by atoms with E-state index < -0.39 is 0 Å². The Morgan fingerprint density at radius 1 is 1.12 bits per heavy atom. The van der Waals surface area contributed by atoms with Crippen LogP contribution in [-0.4, -0.2) is 11.7 Å². The highest BCUT2D eigenvalue weighted by atomic mass is 16.3. The fourth-order valence-electron chi connectivity index (χ4n) is 1.92. The molecule has 84 valence electrons. The summed E-state index contributed by atoms with van der Waals surface area (Å²) in [5.41, 5.74) is 8.32. The fourth-order valence-corrected chi connectivity index (χ4v) is 1.92. The van der Waals surface area contributed by atoms with Crippen molar-refractivity contribution in [3.8, 4) is 0 Å². The minimum Gasteiger partial charge on any atom is -0.396 e. The molecule has 2 aromatic rings.